The molecule has 1 aliphatic heterocycles. The maximum atomic E-state index is 13.3. The van der Waals surface area contributed by atoms with E-state index in [1.54, 1.807) is 29.2 Å². The third-order valence-corrected chi connectivity index (χ3v) is 9.23. The van der Waals surface area contributed by atoms with Crippen LogP contribution in [0.25, 0.3) is 10.8 Å². The van der Waals surface area contributed by atoms with E-state index in [2.05, 4.69) is 0 Å². The van der Waals surface area contributed by atoms with Crippen LogP contribution in [0.3, 0.4) is 0 Å². The average molecular weight is 550 g/mol. The van der Waals surface area contributed by atoms with Crippen LogP contribution in [0.1, 0.15) is 46.5 Å². The maximum absolute atomic E-state index is 13.3. The molecule has 1 saturated heterocycles. The number of amides is 2. The summed E-state index contributed by atoms with van der Waals surface area (Å²) >= 11 is 6.04. The van der Waals surface area contributed by atoms with Crippen LogP contribution in [0.15, 0.2) is 41.3 Å². The highest BCUT2D eigenvalue weighted by Crippen LogP contribution is 2.32. The SMILES string of the molecule is CC(C)(C)ON(C=O)CC1CCC(C(=O)N2CCN(S(=O)(=O)c3ccc4cc(Cl)ccc4c3)CC2)CC1. The van der Waals surface area contributed by atoms with Crippen LogP contribution in [0.4, 0.5) is 0 Å². The second-order valence-corrected chi connectivity index (χ2v) is 13.4. The van der Waals surface area contributed by atoms with Crippen LogP contribution in [0.5, 0.6) is 0 Å². The highest BCUT2D eigenvalue weighted by Gasteiger charge is 2.35. The predicted octanol–water partition coefficient (Wildman–Crippen LogP) is 4.32. The van der Waals surface area contributed by atoms with Gasteiger partial charge in [-0.2, -0.15) is 4.31 Å². The number of halogens is 1. The van der Waals surface area contributed by atoms with Gasteiger partial charge in [0.15, 0.2) is 0 Å². The van der Waals surface area contributed by atoms with Crippen molar-refractivity contribution >= 4 is 44.7 Å². The monoisotopic (exact) mass is 549 g/mol. The number of rotatable bonds is 7. The number of hydroxylamine groups is 2. The zero-order valence-corrected chi connectivity index (χ0v) is 23.3. The summed E-state index contributed by atoms with van der Waals surface area (Å²) in [5.41, 5.74) is -0.438. The van der Waals surface area contributed by atoms with Crippen LogP contribution in [-0.2, 0) is 24.4 Å². The number of nitrogens with zero attached hydrogens (tertiary/aromatic N) is 3. The first-order valence-corrected chi connectivity index (χ1v) is 14.7. The van der Waals surface area contributed by atoms with Gasteiger partial charge in [-0.25, -0.2) is 13.5 Å². The molecule has 0 atom stereocenters. The van der Waals surface area contributed by atoms with Crippen molar-refractivity contribution in [2.24, 2.45) is 11.8 Å². The summed E-state index contributed by atoms with van der Waals surface area (Å²) in [7, 11) is -3.65. The molecule has 0 unspecified atom stereocenters. The number of sulfonamides is 1. The summed E-state index contributed by atoms with van der Waals surface area (Å²) in [6, 6.07) is 10.4. The zero-order valence-electron chi connectivity index (χ0n) is 21.7. The summed E-state index contributed by atoms with van der Waals surface area (Å²) < 4.78 is 28.0. The first-order valence-electron chi connectivity index (χ1n) is 12.9. The van der Waals surface area contributed by atoms with Crippen LogP contribution < -0.4 is 0 Å². The fourth-order valence-corrected chi connectivity index (χ4v) is 6.85. The van der Waals surface area contributed by atoms with Gasteiger partial charge in [-0.3, -0.25) is 14.4 Å². The summed E-state index contributed by atoms with van der Waals surface area (Å²) in [4.78, 5) is 32.3. The lowest BCUT2D eigenvalue weighted by Crippen LogP contribution is -2.52. The summed E-state index contributed by atoms with van der Waals surface area (Å²) in [6.07, 6.45) is 3.98. The van der Waals surface area contributed by atoms with E-state index in [-0.39, 0.29) is 29.8 Å². The van der Waals surface area contributed by atoms with Gasteiger partial charge in [0.2, 0.25) is 22.3 Å². The van der Waals surface area contributed by atoms with Gasteiger partial charge in [0.1, 0.15) is 0 Å². The minimum atomic E-state index is -3.65. The molecule has 0 radical (unpaired) electrons. The van der Waals surface area contributed by atoms with Crippen molar-refractivity contribution in [3.8, 4) is 0 Å². The average Bonchev–Trinajstić information content (AvgIpc) is 2.87. The van der Waals surface area contributed by atoms with Crippen molar-refractivity contribution in [3.05, 3.63) is 41.4 Å². The van der Waals surface area contributed by atoms with Gasteiger partial charge in [-0.1, -0.05) is 23.7 Å². The van der Waals surface area contributed by atoms with Gasteiger partial charge in [0.05, 0.1) is 17.0 Å². The third kappa shape index (κ3) is 6.82. The van der Waals surface area contributed by atoms with Crippen molar-refractivity contribution in [2.75, 3.05) is 32.7 Å². The van der Waals surface area contributed by atoms with Gasteiger partial charge < -0.3 is 4.90 Å². The molecule has 2 fully saturated rings. The van der Waals surface area contributed by atoms with E-state index < -0.39 is 15.6 Å². The van der Waals surface area contributed by atoms with Gasteiger partial charge >= 0.3 is 0 Å². The van der Waals surface area contributed by atoms with Crippen LogP contribution in [-0.4, -0.2) is 73.3 Å². The predicted molar refractivity (Wildman–Crippen MR) is 143 cm³/mol. The van der Waals surface area contributed by atoms with Crippen molar-refractivity contribution in [2.45, 2.75) is 57.0 Å². The Balaban J connectivity index is 1.29. The third-order valence-electron chi connectivity index (χ3n) is 7.10. The Kier molecular flexibility index (Phi) is 8.48. The summed E-state index contributed by atoms with van der Waals surface area (Å²) in [5.74, 6) is 0.354. The Hall–Kier alpha value is -2.20. The topological polar surface area (TPSA) is 87.2 Å². The number of carbonyl (C=O) groups is 2. The molecule has 2 amide bonds. The number of hydrogen-bond acceptors (Lipinski definition) is 5. The maximum Gasteiger partial charge on any atom is 0.243 e. The van der Waals surface area contributed by atoms with Crippen molar-refractivity contribution in [3.63, 3.8) is 0 Å². The van der Waals surface area contributed by atoms with Gasteiger partial charge in [-0.05, 0) is 87.4 Å². The Labute approximate surface area is 224 Å². The van der Waals surface area contributed by atoms with Gasteiger partial charge in [-0.15, -0.1) is 0 Å². The van der Waals surface area contributed by atoms with Crippen LogP contribution in [0.2, 0.25) is 5.02 Å². The van der Waals surface area contributed by atoms with Gasteiger partial charge in [0.25, 0.3) is 0 Å². The smallest absolute Gasteiger partial charge is 0.243 e. The molecule has 37 heavy (non-hydrogen) atoms. The van der Waals surface area contributed by atoms with E-state index in [9.17, 15) is 18.0 Å². The van der Waals surface area contributed by atoms with E-state index in [0.29, 0.717) is 30.6 Å². The fraction of sp³-hybridized carbons (Fsp3) is 0.556. The Morgan fingerprint density at radius 2 is 1.65 bits per heavy atom. The number of piperazine rings is 1. The highest BCUT2D eigenvalue weighted by molar-refractivity contribution is 7.89. The second-order valence-electron chi connectivity index (χ2n) is 11.0. The first-order chi connectivity index (χ1) is 17.5. The number of fused-ring (bicyclic) bond motifs is 1. The standard InChI is InChI=1S/C27H36ClN3O5S/c1-27(2,3)36-30(19-32)18-20-4-6-21(7-5-20)26(33)29-12-14-31(15-13-29)37(34,35)25-11-9-22-16-24(28)10-8-23(22)17-25/h8-11,16-17,19-21H,4-7,12-15,18H2,1-3H3. The van der Waals surface area contributed by atoms with Crippen LogP contribution >= 0.6 is 11.6 Å². The molecule has 202 valence electrons. The molecule has 2 aromatic carbocycles. The number of carbonyl (C=O) groups excluding carboxylic acids is 2. The molecular weight excluding hydrogens is 514 g/mol. The lowest BCUT2D eigenvalue weighted by molar-refractivity contribution is -0.220. The molecule has 1 saturated carbocycles. The molecule has 2 aliphatic rings. The zero-order chi connectivity index (χ0) is 26.8. The minimum Gasteiger partial charge on any atom is -0.340 e. The summed E-state index contributed by atoms with van der Waals surface area (Å²) in [6.45, 7) is 7.58. The molecule has 10 heteroatoms. The molecule has 1 aliphatic carbocycles. The van der Waals surface area contributed by atoms with Crippen molar-refractivity contribution in [1.29, 1.82) is 0 Å². The minimum absolute atomic E-state index is 0.0556. The molecule has 0 spiro atoms. The Bertz CT molecular complexity index is 1230. The molecule has 4 rings (SSSR count). The van der Waals surface area contributed by atoms with Gasteiger partial charge in [0, 0.05) is 37.1 Å². The quantitative estimate of drug-likeness (QED) is 0.379. The molecule has 8 nitrogen and oxygen atoms in total. The number of hydrogen-bond donors (Lipinski definition) is 0. The lowest BCUT2D eigenvalue weighted by Gasteiger charge is -2.38. The highest BCUT2D eigenvalue weighted by atomic mass is 35.5. The second kappa shape index (κ2) is 11.3. The molecular formula is C27H36ClN3O5S. The summed E-state index contributed by atoms with van der Waals surface area (Å²) in [5, 5.41) is 3.68. The van der Waals surface area contributed by atoms with E-state index in [0.717, 1.165) is 42.9 Å². The normalized spacial score (nSPS) is 21.7. The van der Waals surface area contributed by atoms with E-state index in [1.807, 2.05) is 32.9 Å². The van der Waals surface area contributed by atoms with Crippen molar-refractivity contribution in [1.82, 2.24) is 14.3 Å². The van der Waals surface area contributed by atoms with E-state index in [1.165, 1.54) is 9.37 Å². The molecule has 2 aromatic rings. The van der Waals surface area contributed by atoms with E-state index in [4.69, 9.17) is 16.4 Å². The Morgan fingerprint density at radius 3 is 2.27 bits per heavy atom. The molecule has 0 aromatic heterocycles. The Morgan fingerprint density at radius 1 is 1.03 bits per heavy atom. The number of benzene rings is 2. The molecule has 1 heterocycles. The molecule has 0 bridgehead atoms. The van der Waals surface area contributed by atoms with E-state index >= 15 is 0 Å². The lowest BCUT2D eigenvalue weighted by atomic mass is 9.81. The fourth-order valence-electron chi connectivity index (χ4n) is 5.21. The first kappa shape index (κ1) is 27.8. The van der Waals surface area contributed by atoms with Crippen molar-refractivity contribution < 1.29 is 22.8 Å². The largest absolute Gasteiger partial charge is 0.340 e. The molecule has 0 N–H and O–H groups in total. The van der Waals surface area contributed by atoms with Crippen LogP contribution in [0, 0.1) is 11.8 Å².